The SMILES string of the molecule is CCNC(=O)C(CCOC(=O)Cc1ccc(NC(=O)c2ccccc2-c2ccc(C(F)(F)F)cc2)c(C(=O)N(C)CC)c1)(C(=O)NCC)c1ccccc1. The zero-order chi connectivity index (χ0) is 39.5. The van der Waals surface area contributed by atoms with Gasteiger partial charge in [0.1, 0.15) is 0 Å². The van der Waals surface area contributed by atoms with Crippen molar-refractivity contribution in [3.63, 3.8) is 0 Å². The highest BCUT2D eigenvalue weighted by atomic mass is 19.4. The number of alkyl halides is 3. The van der Waals surface area contributed by atoms with Gasteiger partial charge in [-0.1, -0.05) is 66.7 Å². The van der Waals surface area contributed by atoms with E-state index in [0.29, 0.717) is 28.8 Å². The number of rotatable bonds is 15. The number of amides is 4. The summed E-state index contributed by atoms with van der Waals surface area (Å²) in [5, 5.41) is 8.24. The van der Waals surface area contributed by atoms with Crippen LogP contribution in [0.15, 0.2) is 97.1 Å². The Morgan fingerprint density at radius 3 is 1.93 bits per heavy atom. The third-order valence-electron chi connectivity index (χ3n) is 8.88. The molecule has 0 fully saturated rings. The molecule has 4 aromatic carbocycles. The molecule has 10 nitrogen and oxygen atoms in total. The van der Waals surface area contributed by atoms with Crippen molar-refractivity contribution < 1.29 is 41.9 Å². The highest BCUT2D eigenvalue weighted by Crippen LogP contribution is 2.33. The van der Waals surface area contributed by atoms with E-state index < -0.39 is 46.8 Å². The smallest absolute Gasteiger partial charge is 0.416 e. The van der Waals surface area contributed by atoms with Crippen molar-refractivity contribution in [1.29, 1.82) is 0 Å². The summed E-state index contributed by atoms with van der Waals surface area (Å²) in [6.45, 7) is 5.89. The molecule has 0 heterocycles. The molecule has 0 aliphatic carbocycles. The van der Waals surface area contributed by atoms with Gasteiger partial charge in [-0.2, -0.15) is 13.2 Å². The van der Waals surface area contributed by atoms with Gasteiger partial charge in [-0.05, 0) is 73.4 Å². The van der Waals surface area contributed by atoms with Crippen LogP contribution in [-0.2, 0) is 37.1 Å². The summed E-state index contributed by atoms with van der Waals surface area (Å²) >= 11 is 0. The van der Waals surface area contributed by atoms with Gasteiger partial charge >= 0.3 is 12.1 Å². The van der Waals surface area contributed by atoms with Gasteiger partial charge in [0.25, 0.3) is 11.8 Å². The minimum absolute atomic E-state index is 0.0978. The number of benzene rings is 4. The van der Waals surface area contributed by atoms with E-state index in [1.165, 1.54) is 35.2 Å². The Bertz CT molecular complexity index is 1950. The zero-order valence-electron chi connectivity index (χ0n) is 30.5. The van der Waals surface area contributed by atoms with Crippen LogP contribution < -0.4 is 16.0 Å². The van der Waals surface area contributed by atoms with Gasteiger partial charge < -0.3 is 25.6 Å². The van der Waals surface area contributed by atoms with Crippen molar-refractivity contribution in [2.24, 2.45) is 0 Å². The summed E-state index contributed by atoms with van der Waals surface area (Å²) in [7, 11) is 1.58. The van der Waals surface area contributed by atoms with Crippen molar-refractivity contribution in [2.45, 2.75) is 45.2 Å². The third kappa shape index (κ3) is 9.51. The van der Waals surface area contributed by atoms with Gasteiger partial charge in [0, 0.05) is 38.7 Å². The maximum Gasteiger partial charge on any atom is 0.416 e. The van der Waals surface area contributed by atoms with Gasteiger partial charge in [0.2, 0.25) is 11.8 Å². The summed E-state index contributed by atoms with van der Waals surface area (Å²) in [4.78, 5) is 68.6. The molecular formula is C41H43F3N4O6. The molecule has 4 amide bonds. The van der Waals surface area contributed by atoms with Crippen molar-refractivity contribution >= 4 is 35.3 Å². The second kappa shape index (κ2) is 18.2. The maximum absolute atomic E-state index is 13.6. The molecule has 13 heteroatoms. The van der Waals surface area contributed by atoms with Crippen LogP contribution in [0.3, 0.4) is 0 Å². The molecule has 0 bridgehead atoms. The lowest BCUT2D eigenvalue weighted by Gasteiger charge is -2.31. The van der Waals surface area contributed by atoms with E-state index in [-0.39, 0.29) is 49.4 Å². The van der Waals surface area contributed by atoms with Gasteiger partial charge in [0.05, 0.1) is 29.8 Å². The monoisotopic (exact) mass is 744 g/mol. The van der Waals surface area contributed by atoms with Crippen LogP contribution in [0.2, 0.25) is 0 Å². The minimum Gasteiger partial charge on any atom is -0.465 e. The van der Waals surface area contributed by atoms with E-state index in [4.69, 9.17) is 4.74 Å². The largest absolute Gasteiger partial charge is 0.465 e. The zero-order valence-corrected chi connectivity index (χ0v) is 30.5. The van der Waals surface area contributed by atoms with Crippen LogP contribution in [0.25, 0.3) is 11.1 Å². The summed E-state index contributed by atoms with van der Waals surface area (Å²) in [6, 6.07) is 23.9. The predicted molar refractivity (Wildman–Crippen MR) is 199 cm³/mol. The number of likely N-dealkylation sites (N-methyl/N-ethyl adjacent to an activating group) is 2. The van der Waals surface area contributed by atoms with E-state index in [0.717, 1.165) is 12.1 Å². The molecule has 284 valence electrons. The fraction of sp³-hybridized carbons (Fsp3) is 0.293. The first-order valence-electron chi connectivity index (χ1n) is 17.5. The van der Waals surface area contributed by atoms with E-state index in [1.54, 1.807) is 82.4 Å². The summed E-state index contributed by atoms with van der Waals surface area (Å²) in [5.41, 5.74) is -0.443. The van der Waals surface area contributed by atoms with E-state index in [2.05, 4.69) is 16.0 Å². The number of nitrogens with zero attached hydrogens (tertiary/aromatic N) is 1. The molecule has 0 unspecified atom stereocenters. The number of halogens is 3. The van der Waals surface area contributed by atoms with E-state index in [1.807, 2.05) is 0 Å². The molecule has 3 N–H and O–H groups in total. The second-order valence-electron chi connectivity index (χ2n) is 12.4. The minimum atomic E-state index is -4.51. The molecule has 0 aliphatic heterocycles. The Kier molecular flexibility index (Phi) is 13.7. The first-order chi connectivity index (χ1) is 25.8. The Morgan fingerprint density at radius 1 is 0.722 bits per heavy atom. The first-order valence-corrected chi connectivity index (χ1v) is 17.5. The molecule has 0 atom stereocenters. The Morgan fingerprint density at radius 2 is 1.33 bits per heavy atom. The number of hydrogen-bond acceptors (Lipinski definition) is 6. The molecular weight excluding hydrogens is 701 g/mol. The Labute approximate surface area is 312 Å². The summed E-state index contributed by atoms with van der Waals surface area (Å²) < 4.78 is 45.1. The highest BCUT2D eigenvalue weighted by molar-refractivity contribution is 6.12. The second-order valence-corrected chi connectivity index (χ2v) is 12.4. The van der Waals surface area contributed by atoms with E-state index in [9.17, 15) is 37.1 Å². The van der Waals surface area contributed by atoms with Crippen LogP contribution >= 0.6 is 0 Å². The molecule has 4 aromatic rings. The lowest BCUT2D eigenvalue weighted by Crippen LogP contribution is -2.55. The molecule has 0 radical (unpaired) electrons. The molecule has 0 saturated heterocycles. The van der Waals surface area contributed by atoms with Gasteiger partial charge in [-0.15, -0.1) is 0 Å². The number of carbonyl (C=O) groups excluding carboxylic acids is 5. The fourth-order valence-corrected chi connectivity index (χ4v) is 5.92. The Balaban J connectivity index is 1.56. The van der Waals surface area contributed by atoms with Crippen LogP contribution in [0.5, 0.6) is 0 Å². The van der Waals surface area contributed by atoms with Gasteiger partial charge in [-0.25, -0.2) is 0 Å². The molecule has 0 spiro atoms. The van der Waals surface area contributed by atoms with Crippen molar-refractivity contribution in [1.82, 2.24) is 15.5 Å². The third-order valence-corrected chi connectivity index (χ3v) is 8.88. The average molecular weight is 745 g/mol. The number of esters is 1. The quantitative estimate of drug-likeness (QED) is 0.0953. The Hall–Kier alpha value is -5.98. The number of nitrogens with one attached hydrogen (secondary N) is 3. The standard InChI is InChI=1S/C41H43F3N4O6/c1-5-45-38(52)40(39(53)46-6-2,29-13-9-8-10-14-29)23-24-54-35(49)26-27-17-22-34(33(25-27)37(51)48(4)7-3)47-36(50)32-16-12-11-15-31(32)28-18-20-30(21-19-28)41(42,43)44/h8-22,25H,5-7,23-24,26H2,1-4H3,(H,45,52)(H,46,53)(H,47,50). The predicted octanol–water partition coefficient (Wildman–Crippen LogP) is 6.40. The molecule has 0 aromatic heterocycles. The number of hydrogen-bond donors (Lipinski definition) is 3. The topological polar surface area (TPSA) is 134 Å². The van der Waals surface area contributed by atoms with Crippen LogP contribution in [0, 0.1) is 0 Å². The molecule has 4 rings (SSSR count). The van der Waals surface area contributed by atoms with Gasteiger partial charge in [0.15, 0.2) is 5.41 Å². The molecule has 54 heavy (non-hydrogen) atoms. The molecule has 0 aliphatic rings. The lowest BCUT2D eigenvalue weighted by molar-refractivity contribution is -0.147. The lowest BCUT2D eigenvalue weighted by atomic mass is 9.75. The van der Waals surface area contributed by atoms with E-state index >= 15 is 0 Å². The maximum atomic E-state index is 13.6. The highest BCUT2D eigenvalue weighted by Gasteiger charge is 2.47. The number of anilines is 1. The van der Waals surface area contributed by atoms with Crippen molar-refractivity contribution in [3.8, 4) is 11.1 Å². The fourth-order valence-electron chi connectivity index (χ4n) is 5.92. The van der Waals surface area contributed by atoms with Gasteiger partial charge in [-0.3, -0.25) is 24.0 Å². The normalized spacial score (nSPS) is 11.3. The van der Waals surface area contributed by atoms with Crippen molar-refractivity contribution in [2.75, 3.05) is 38.6 Å². The van der Waals surface area contributed by atoms with Crippen molar-refractivity contribution in [3.05, 3.63) is 125 Å². The number of ether oxygens (including phenoxy) is 1. The average Bonchev–Trinajstić information content (AvgIpc) is 3.16. The summed E-state index contributed by atoms with van der Waals surface area (Å²) in [6.07, 6.45) is -4.91. The van der Waals surface area contributed by atoms with Crippen LogP contribution in [-0.4, -0.2) is 67.8 Å². The first kappa shape index (κ1) is 40.8. The summed E-state index contributed by atoms with van der Waals surface area (Å²) in [5.74, 6) is -2.77. The van der Waals surface area contributed by atoms with Crippen LogP contribution in [0.4, 0.5) is 18.9 Å². The van der Waals surface area contributed by atoms with Crippen LogP contribution in [0.1, 0.15) is 64.6 Å². The number of carbonyl (C=O) groups is 5. The molecule has 0 saturated carbocycles.